The molecule has 0 atom stereocenters. The summed E-state index contributed by atoms with van der Waals surface area (Å²) in [5.41, 5.74) is 0. The molecular formula is C21H34N6O6. The van der Waals surface area contributed by atoms with Crippen molar-refractivity contribution in [1.82, 2.24) is 29.4 Å². The highest BCUT2D eigenvalue weighted by molar-refractivity contribution is 6.00. The average Bonchev–Trinajstić information content (AvgIpc) is 2.81. The van der Waals surface area contributed by atoms with Crippen LogP contribution in [0.4, 0.5) is 0 Å². The summed E-state index contributed by atoms with van der Waals surface area (Å²) in [5, 5.41) is 0. The van der Waals surface area contributed by atoms with E-state index in [4.69, 9.17) is 9.47 Å². The van der Waals surface area contributed by atoms with Gasteiger partial charge in [0.05, 0.1) is 72.1 Å². The van der Waals surface area contributed by atoms with Gasteiger partial charge in [-0.3, -0.25) is 48.6 Å². The van der Waals surface area contributed by atoms with E-state index >= 15 is 0 Å². The number of piperazine rings is 2. The van der Waals surface area contributed by atoms with Crippen LogP contribution in [-0.4, -0.2) is 151 Å². The number of morpholine rings is 2. The average molecular weight is 467 g/mol. The number of amides is 4. The Labute approximate surface area is 193 Å². The minimum absolute atomic E-state index is 0.0883. The molecule has 0 radical (unpaired) electrons. The largest absolute Gasteiger partial charge is 0.379 e. The Balaban J connectivity index is 1.34. The normalized spacial score (nSPS) is 25.5. The van der Waals surface area contributed by atoms with E-state index in [1.807, 2.05) is 16.7 Å². The minimum Gasteiger partial charge on any atom is -0.379 e. The van der Waals surface area contributed by atoms with Gasteiger partial charge in [-0.25, -0.2) is 0 Å². The first kappa shape index (κ1) is 24.2. The third kappa shape index (κ3) is 5.76. The Kier molecular flexibility index (Phi) is 8.04. The fraction of sp³-hybridized carbons (Fsp3) is 0.810. The predicted molar refractivity (Wildman–Crippen MR) is 115 cm³/mol. The lowest BCUT2D eigenvalue weighted by Gasteiger charge is -2.45. The zero-order valence-corrected chi connectivity index (χ0v) is 19.3. The van der Waals surface area contributed by atoms with Crippen LogP contribution in [0, 0.1) is 0 Å². The zero-order chi connectivity index (χ0) is 23.4. The van der Waals surface area contributed by atoms with Gasteiger partial charge in [0.2, 0.25) is 23.6 Å². The van der Waals surface area contributed by atoms with Crippen molar-refractivity contribution in [2.75, 3.05) is 92.1 Å². The van der Waals surface area contributed by atoms with Gasteiger partial charge in [0, 0.05) is 26.2 Å². The van der Waals surface area contributed by atoms with Crippen molar-refractivity contribution >= 4 is 23.6 Å². The van der Waals surface area contributed by atoms with Crippen molar-refractivity contribution in [3.05, 3.63) is 0 Å². The highest BCUT2D eigenvalue weighted by Crippen LogP contribution is 2.19. The maximum absolute atomic E-state index is 12.8. The molecule has 4 heterocycles. The van der Waals surface area contributed by atoms with Crippen molar-refractivity contribution in [2.24, 2.45) is 0 Å². The standard InChI is InChI=1S/C21H34N6O6/c1-2-17(24-11-18(28)26(19(29)12-24)15-22-3-7-32-8-4-22)25-13-20(30)27(21(31)14-25)16-23-5-9-33-10-6-23/h17H,2-16H2,1H3. The lowest BCUT2D eigenvalue weighted by molar-refractivity contribution is -0.162. The fourth-order valence-corrected chi connectivity index (χ4v) is 4.80. The Bertz CT molecular complexity index is 658. The van der Waals surface area contributed by atoms with Crippen LogP contribution in [0.2, 0.25) is 0 Å². The molecule has 12 heteroatoms. The Morgan fingerprint density at radius 1 is 0.636 bits per heavy atom. The Hall–Kier alpha value is -1.96. The molecule has 0 bridgehead atoms. The molecule has 0 unspecified atom stereocenters. The molecule has 0 aromatic rings. The molecule has 0 aliphatic carbocycles. The molecule has 4 fully saturated rings. The SMILES string of the molecule is CCC(N1CC(=O)N(CN2CCOCC2)C(=O)C1)N1CC(=O)N(CN2CCOCC2)C(=O)C1. The number of nitrogens with zero attached hydrogens (tertiary/aromatic N) is 6. The van der Waals surface area contributed by atoms with E-state index in [1.165, 1.54) is 9.80 Å². The number of hydrogen-bond acceptors (Lipinski definition) is 10. The first-order chi connectivity index (χ1) is 16.0. The van der Waals surface area contributed by atoms with Gasteiger partial charge in [-0.1, -0.05) is 6.92 Å². The smallest absolute Gasteiger partial charge is 0.244 e. The summed E-state index contributed by atoms with van der Waals surface area (Å²) < 4.78 is 10.7. The van der Waals surface area contributed by atoms with E-state index < -0.39 is 0 Å². The van der Waals surface area contributed by atoms with Crippen LogP contribution >= 0.6 is 0 Å². The van der Waals surface area contributed by atoms with Gasteiger partial charge in [0.1, 0.15) is 0 Å². The van der Waals surface area contributed by atoms with Gasteiger partial charge in [-0.05, 0) is 6.42 Å². The van der Waals surface area contributed by atoms with Crippen LogP contribution in [0.15, 0.2) is 0 Å². The van der Waals surface area contributed by atoms with Crippen LogP contribution in [-0.2, 0) is 28.7 Å². The molecule has 4 aliphatic heterocycles. The zero-order valence-electron chi connectivity index (χ0n) is 19.3. The molecule has 4 amide bonds. The summed E-state index contributed by atoms with van der Waals surface area (Å²) in [6.45, 7) is 8.01. The molecule has 4 rings (SSSR count). The number of imide groups is 2. The van der Waals surface area contributed by atoms with E-state index in [0.29, 0.717) is 59.0 Å². The van der Waals surface area contributed by atoms with Gasteiger partial charge < -0.3 is 9.47 Å². The number of carbonyl (C=O) groups is 4. The highest BCUT2D eigenvalue weighted by Gasteiger charge is 2.41. The minimum atomic E-state index is -0.332. The summed E-state index contributed by atoms with van der Waals surface area (Å²) in [7, 11) is 0. The second-order valence-corrected chi connectivity index (χ2v) is 8.87. The van der Waals surface area contributed by atoms with Crippen LogP contribution in [0.1, 0.15) is 13.3 Å². The van der Waals surface area contributed by atoms with E-state index in [2.05, 4.69) is 0 Å². The summed E-state index contributed by atoms with van der Waals surface area (Å²) in [4.78, 5) is 61.6. The Morgan fingerprint density at radius 2 is 0.970 bits per heavy atom. The van der Waals surface area contributed by atoms with E-state index in [0.717, 1.165) is 0 Å². The van der Waals surface area contributed by atoms with Gasteiger partial charge in [0.25, 0.3) is 0 Å². The van der Waals surface area contributed by atoms with Gasteiger partial charge >= 0.3 is 0 Å². The predicted octanol–water partition coefficient (Wildman–Crippen LogP) is -2.36. The topological polar surface area (TPSA) is 106 Å². The van der Waals surface area contributed by atoms with Crippen LogP contribution in [0.5, 0.6) is 0 Å². The van der Waals surface area contributed by atoms with Gasteiger partial charge in [-0.15, -0.1) is 0 Å². The first-order valence-electron chi connectivity index (χ1n) is 11.7. The molecule has 0 aromatic heterocycles. The fourth-order valence-electron chi connectivity index (χ4n) is 4.80. The number of carbonyl (C=O) groups excluding carboxylic acids is 4. The molecule has 184 valence electrons. The van der Waals surface area contributed by atoms with Crippen molar-refractivity contribution in [2.45, 2.75) is 19.5 Å². The van der Waals surface area contributed by atoms with Crippen molar-refractivity contribution in [1.29, 1.82) is 0 Å². The van der Waals surface area contributed by atoms with Crippen molar-refractivity contribution in [3.63, 3.8) is 0 Å². The third-order valence-corrected chi connectivity index (χ3v) is 6.66. The van der Waals surface area contributed by atoms with Crippen LogP contribution in [0.25, 0.3) is 0 Å². The van der Waals surface area contributed by atoms with Crippen molar-refractivity contribution in [3.8, 4) is 0 Å². The van der Waals surface area contributed by atoms with Gasteiger partial charge in [0.15, 0.2) is 0 Å². The molecule has 0 N–H and O–H groups in total. The molecule has 0 saturated carbocycles. The van der Waals surface area contributed by atoms with Crippen molar-refractivity contribution < 1.29 is 28.7 Å². The third-order valence-electron chi connectivity index (χ3n) is 6.66. The molecule has 4 aliphatic rings. The molecular weight excluding hydrogens is 432 g/mol. The van der Waals surface area contributed by atoms with E-state index in [1.54, 1.807) is 9.80 Å². The molecule has 4 saturated heterocycles. The van der Waals surface area contributed by atoms with Gasteiger partial charge in [-0.2, -0.15) is 0 Å². The summed E-state index contributed by atoms with van der Waals surface area (Å²) >= 11 is 0. The second kappa shape index (κ2) is 11.0. The van der Waals surface area contributed by atoms with Crippen LogP contribution < -0.4 is 0 Å². The van der Waals surface area contributed by atoms with E-state index in [-0.39, 0.29) is 69.3 Å². The summed E-state index contributed by atoms with van der Waals surface area (Å²) in [6, 6.07) is 0. The maximum Gasteiger partial charge on any atom is 0.244 e. The monoisotopic (exact) mass is 466 g/mol. The molecule has 0 spiro atoms. The Morgan fingerprint density at radius 3 is 1.27 bits per heavy atom. The van der Waals surface area contributed by atoms with E-state index in [9.17, 15) is 19.2 Å². The van der Waals surface area contributed by atoms with Crippen LogP contribution in [0.3, 0.4) is 0 Å². The maximum atomic E-state index is 12.8. The lowest BCUT2D eigenvalue weighted by atomic mass is 10.2. The highest BCUT2D eigenvalue weighted by atomic mass is 16.5. The second-order valence-electron chi connectivity index (χ2n) is 8.87. The number of hydrogen-bond donors (Lipinski definition) is 0. The molecule has 0 aromatic carbocycles. The quantitative estimate of drug-likeness (QED) is 0.379. The molecule has 33 heavy (non-hydrogen) atoms. The number of rotatable bonds is 7. The molecule has 12 nitrogen and oxygen atoms in total. The number of ether oxygens (including phenoxy) is 2. The first-order valence-corrected chi connectivity index (χ1v) is 11.7. The summed E-state index contributed by atoms with van der Waals surface area (Å²) in [5.74, 6) is -1.00. The summed E-state index contributed by atoms with van der Waals surface area (Å²) in [6.07, 6.45) is 0.260. The lowest BCUT2D eigenvalue weighted by Crippen LogP contribution is -2.65.